The third-order valence-electron chi connectivity index (χ3n) is 6.35. The molecule has 0 bridgehead atoms. The van der Waals surface area contributed by atoms with Gasteiger partial charge in [-0.15, -0.1) is 0 Å². The minimum atomic E-state index is -1.97. The third-order valence-corrected chi connectivity index (χ3v) is 6.35. The molecule has 0 aliphatic heterocycles. The monoisotopic (exact) mass is 494 g/mol. The van der Waals surface area contributed by atoms with Gasteiger partial charge in [0.15, 0.2) is 6.10 Å². The molecule has 0 aliphatic rings. The van der Waals surface area contributed by atoms with E-state index in [4.69, 9.17) is 20.3 Å². The van der Waals surface area contributed by atoms with Gasteiger partial charge in [0, 0.05) is 25.1 Å². The molecule has 0 aliphatic carbocycles. The van der Waals surface area contributed by atoms with E-state index in [9.17, 15) is 25.2 Å². The lowest BCUT2D eigenvalue weighted by molar-refractivity contribution is -0.150. The molecule has 0 aromatic rings. The highest BCUT2D eigenvalue weighted by Gasteiger charge is 2.35. The zero-order valence-corrected chi connectivity index (χ0v) is 21.9. The van der Waals surface area contributed by atoms with Gasteiger partial charge < -0.3 is 46.1 Å². The molecule has 0 saturated carbocycles. The lowest BCUT2D eigenvalue weighted by Gasteiger charge is -2.34. The summed E-state index contributed by atoms with van der Waals surface area (Å²) >= 11 is 0. The van der Waals surface area contributed by atoms with Gasteiger partial charge >= 0.3 is 0 Å². The van der Waals surface area contributed by atoms with Crippen LogP contribution in [-0.4, -0.2) is 101 Å². The van der Waals surface area contributed by atoms with E-state index in [1.54, 1.807) is 13.8 Å². The van der Waals surface area contributed by atoms with Crippen molar-refractivity contribution < 1.29 is 39.8 Å². The molecule has 0 aromatic carbocycles. The van der Waals surface area contributed by atoms with Crippen LogP contribution < -0.4 is 11.1 Å². The van der Waals surface area contributed by atoms with Gasteiger partial charge in [0.05, 0.1) is 25.4 Å². The number of aliphatic hydroxyl groups excluding tert-OH is 5. The number of nitrogens with one attached hydrogen (secondary N) is 1. The lowest BCUT2D eigenvalue weighted by Crippen LogP contribution is -2.53. The lowest BCUT2D eigenvalue weighted by atomic mass is 9.81. The van der Waals surface area contributed by atoms with Gasteiger partial charge in [-0.2, -0.15) is 0 Å². The maximum atomic E-state index is 12.1. The summed E-state index contributed by atoms with van der Waals surface area (Å²) in [6, 6.07) is 0. The summed E-state index contributed by atoms with van der Waals surface area (Å²) in [4.78, 5) is 12.1. The van der Waals surface area contributed by atoms with Crippen LogP contribution in [0.2, 0.25) is 0 Å². The fourth-order valence-corrected chi connectivity index (χ4v) is 3.54. The van der Waals surface area contributed by atoms with Crippen molar-refractivity contribution in [1.82, 2.24) is 5.32 Å². The van der Waals surface area contributed by atoms with Crippen LogP contribution in [0.4, 0.5) is 0 Å². The minimum Gasteiger partial charge on any atom is -0.394 e. The molecule has 0 rings (SSSR count). The number of carbonyl (C=O) groups is 1. The van der Waals surface area contributed by atoms with Crippen LogP contribution in [0.3, 0.4) is 0 Å². The summed E-state index contributed by atoms with van der Waals surface area (Å²) in [6.07, 6.45) is -3.65. The van der Waals surface area contributed by atoms with Crippen molar-refractivity contribution in [2.24, 2.45) is 16.6 Å². The largest absolute Gasteiger partial charge is 0.394 e. The smallest absolute Gasteiger partial charge is 0.251 e. The van der Waals surface area contributed by atoms with Crippen molar-refractivity contribution in [1.29, 1.82) is 0 Å². The Labute approximate surface area is 204 Å². The number of rotatable bonds is 19. The van der Waals surface area contributed by atoms with E-state index >= 15 is 0 Å². The normalized spacial score (nSPS) is 18.1. The quantitative estimate of drug-likeness (QED) is 0.129. The Morgan fingerprint density at radius 3 is 2.12 bits per heavy atom. The van der Waals surface area contributed by atoms with E-state index in [0.29, 0.717) is 26.4 Å². The van der Waals surface area contributed by atoms with Crippen LogP contribution in [-0.2, 0) is 14.3 Å². The van der Waals surface area contributed by atoms with E-state index in [2.05, 4.69) is 33.0 Å². The van der Waals surface area contributed by atoms with Gasteiger partial charge in [-0.25, -0.2) is 0 Å². The molecule has 0 fully saturated rings. The van der Waals surface area contributed by atoms with E-state index in [-0.39, 0.29) is 17.4 Å². The molecular formula is C24H50N2O8. The zero-order valence-electron chi connectivity index (χ0n) is 21.9. The molecule has 1 amide bonds. The first-order valence-corrected chi connectivity index (χ1v) is 12.2. The van der Waals surface area contributed by atoms with Crippen LogP contribution in [0.25, 0.3) is 0 Å². The van der Waals surface area contributed by atoms with Gasteiger partial charge in [0.2, 0.25) is 0 Å². The number of carbonyl (C=O) groups excluding carboxylic acids is 1. The topological polar surface area (TPSA) is 175 Å². The van der Waals surface area contributed by atoms with Crippen LogP contribution in [0.5, 0.6) is 0 Å². The number of ether oxygens (including phenoxy) is 2. The molecule has 0 saturated heterocycles. The van der Waals surface area contributed by atoms with Crippen molar-refractivity contribution in [2.75, 3.05) is 39.5 Å². The predicted octanol–water partition coefficient (Wildman–Crippen LogP) is -0.0782. The summed E-state index contributed by atoms with van der Waals surface area (Å²) in [6.45, 7) is 13.5. The Kier molecular flexibility index (Phi) is 14.9. The standard InChI is InChI=1S/C24H50N2O8/c1-7-9-24(8-2,13-25)16-33-15-22(3,4)10-11-34-23(5,6)14-26-21(32)20(31)19(30)18(29)17(28)12-27/h17-20,27-31H,7-16,25H2,1-6H3,(H,26,32). The molecule has 0 spiro atoms. The van der Waals surface area contributed by atoms with Gasteiger partial charge in [-0.1, -0.05) is 34.1 Å². The number of aliphatic hydroxyl groups is 5. The van der Waals surface area contributed by atoms with Gasteiger partial charge in [-0.3, -0.25) is 4.79 Å². The van der Waals surface area contributed by atoms with E-state index in [1.165, 1.54) is 0 Å². The molecule has 0 heterocycles. The summed E-state index contributed by atoms with van der Waals surface area (Å²) in [5.74, 6) is -0.923. The number of amides is 1. The highest BCUT2D eigenvalue weighted by molar-refractivity contribution is 5.81. The van der Waals surface area contributed by atoms with Crippen molar-refractivity contribution in [3.63, 3.8) is 0 Å². The molecule has 34 heavy (non-hydrogen) atoms. The summed E-state index contributed by atoms with van der Waals surface area (Å²) in [5, 5.41) is 50.0. The average molecular weight is 495 g/mol. The summed E-state index contributed by atoms with van der Waals surface area (Å²) < 4.78 is 12.0. The first-order chi connectivity index (χ1) is 15.7. The number of hydrogen-bond donors (Lipinski definition) is 7. The SMILES string of the molecule is CCCC(CC)(CN)COCC(C)(C)CCOC(C)(C)CNC(=O)C(O)C(O)C(O)C(O)CO. The second kappa shape index (κ2) is 15.3. The minimum absolute atomic E-state index is 0.0197. The van der Waals surface area contributed by atoms with Crippen molar-refractivity contribution in [2.45, 2.75) is 97.2 Å². The van der Waals surface area contributed by atoms with Crippen molar-refractivity contribution in [3.05, 3.63) is 0 Å². The average Bonchev–Trinajstić information content (AvgIpc) is 2.79. The van der Waals surface area contributed by atoms with Crippen LogP contribution >= 0.6 is 0 Å². The highest BCUT2D eigenvalue weighted by Crippen LogP contribution is 2.29. The number of nitrogens with two attached hydrogens (primary N) is 1. The fraction of sp³-hybridized carbons (Fsp3) is 0.958. The second-order valence-electron chi connectivity index (χ2n) is 10.7. The molecule has 10 nitrogen and oxygen atoms in total. The molecule has 8 N–H and O–H groups in total. The van der Waals surface area contributed by atoms with Gasteiger partial charge in [0.25, 0.3) is 5.91 Å². The second-order valence-corrected chi connectivity index (χ2v) is 10.7. The molecule has 0 radical (unpaired) electrons. The summed E-state index contributed by atoms with van der Waals surface area (Å²) in [5.41, 5.74) is 5.16. The highest BCUT2D eigenvalue weighted by atomic mass is 16.5. The zero-order chi connectivity index (χ0) is 26.6. The first kappa shape index (κ1) is 33.1. The molecular weight excluding hydrogens is 444 g/mol. The Hall–Kier alpha value is -0.850. The Bertz CT molecular complexity index is 569. The molecule has 5 atom stereocenters. The van der Waals surface area contributed by atoms with E-state index in [0.717, 1.165) is 25.7 Å². The van der Waals surface area contributed by atoms with Crippen LogP contribution in [0.15, 0.2) is 0 Å². The van der Waals surface area contributed by atoms with Gasteiger partial charge in [-0.05, 0) is 38.5 Å². The van der Waals surface area contributed by atoms with Crippen molar-refractivity contribution in [3.8, 4) is 0 Å². The van der Waals surface area contributed by atoms with E-state index < -0.39 is 42.5 Å². The van der Waals surface area contributed by atoms with Crippen LogP contribution in [0.1, 0.15) is 67.2 Å². The maximum Gasteiger partial charge on any atom is 0.251 e. The summed E-state index contributed by atoms with van der Waals surface area (Å²) in [7, 11) is 0. The van der Waals surface area contributed by atoms with Gasteiger partial charge in [0.1, 0.15) is 18.3 Å². The molecule has 204 valence electrons. The first-order valence-electron chi connectivity index (χ1n) is 12.2. The third kappa shape index (κ3) is 11.7. The molecule has 0 aromatic heterocycles. The van der Waals surface area contributed by atoms with Crippen LogP contribution in [0, 0.1) is 10.8 Å². The van der Waals surface area contributed by atoms with Crippen molar-refractivity contribution >= 4 is 5.91 Å². The Morgan fingerprint density at radius 2 is 1.62 bits per heavy atom. The van der Waals surface area contributed by atoms with E-state index in [1.807, 2.05) is 0 Å². The predicted molar refractivity (Wildman–Crippen MR) is 130 cm³/mol. The Morgan fingerprint density at radius 1 is 1.00 bits per heavy atom. The number of hydrogen-bond acceptors (Lipinski definition) is 9. The fourth-order valence-electron chi connectivity index (χ4n) is 3.54. The Balaban J connectivity index is 4.52. The molecule has 5 unspecified atom stereocenters. The maximum absolute atomic E-state index is 12.1. The molecule has 10 heteroatoms.